The molecule has 2 aliphatic carbocycles. The van der Waals surface area contributed by atoms with Gasteiger partial charge in [0.1, 0.15) is 5.76 Å². The first-order valence-electron chi connectivity index (χ1n) is 6.67. The number of fused-ring (bicyclic) bond motifs is 2. The first-order chi connectivity index (χ1) is 8.05. The molecule has 0 aromatic carbocycles. The van der Waals surface area contributed by atoms with E-state index in [9.17, 15) is 4.79 Å². The van der Waals surface area contributed by atoms with Crippen molar-refractivity contribution in [3.63, 3.8) is 0 Å². The summed E-state index contributed by atoms with van der Waals surface area (Å²) in [6, 6.07) is 0. The van der Waals surface area contributed by atoms with Gasteiger partial charge in [-0.25, -0.2) is 0 Å². The summed E-state index contributed by atoms with van der Waals surface area (Å²) in [5, 5.41) is 0. The van der Waals surface area contributed by atoms with Crippen LogP contribution in [0.5, 0.6) is 0 Å². The van der Waals surface area contributed by atoms with Gasteiger partial charge in [0, 0.05) is 11.8 Å². The highest BCUT2D eigenvalue weighted by atomic mass is 16.3. The van der Waals surface area contributed by atoms with Gasteiger partial charge >= 0.3 is 0 Å². The van der Waals surface area contributed by atoms with E-state index < -0.39 is 0 Å². The molecule has 3 atom stereocenters. The quantitative estimate of drug-likeness (QED) is 0.681. The fourth-order valence-corrected chi connectivity index (χ4v) is 3.84. The highest BCUT2D eigenvalue weighted by Crippen LogP contribution is 2.52. The highest BCUT2D eigenvalue weighted by Gasteiger charge is 2.52. The molecule has 1 fully saturated rings. The zero-order chi connectivity index (χ0) is 12.2. The SMILES string of the molecule is Cc1coc2c1C(=O)[C@]1(C)[C@@H](CCC[C@H]1C)C2. The van der Waals surface area contributed by atoms with Gasteiger partial charge in [-0.1, -0.05) is 20.3 Å². The number of carbonyl (C=O) groups excluding carboxylic acids is 1. The van der Waals surface area contributed by atoms with E-state index in [4.69, 9.17) is 4.42 Å². The van der Waals surface area contributed by atoms with Crippen LogP contribution in [0.4, 0.5) is 0 Å². The third-order valence-corrected chi connectivity index (χ3v) is 5.26. The molecule has 0 amide bonds. The zero-order valence-electron chi connectivity index (χ0n) is 10.9. The Kier molecular flexibility index (Phi) is 2.26. The lowest BCUT2D eigenvalue weighted by molar-refractivity contribution is 0.0305. The van der Waals surface area contributed by atoms with Crippen LogP contribution in [0.25, 0.3) is 0 Å². The van der Waals surface area contributed by atoms with E-state index in [1.165, 1.54) is 19.3 Å². The van der Waals surface area contributed by atoms with Crippen molar-refractivity contribution in [3.8, 4) is 0 Å². The average molecular weight is 232 g/mol. The van der Waals surface area contributed by atoms with E-state index in [-0.39, 0.29) is 5.41 Å². The Morgan fingerprint density at radius 2 is 2.18 bits per heavy atom. The summed E-state index contributed by atoms with van der Waals surface area (Å²) in [5.41, 5.74) is 1.75. The molecular formula is C15H20O2. The molecular weight excluding hydrogens is 212 g/mol. The molecule has 3 rings (SSSR count). The molecule has 2 nitrogen and oxygen atoms in total. The van der Waals surface area contributed by atoms with Gasteiger partial charge in [-0.2, -0.15) is 0 Å². The van der Waals surface area contributed by atoms with E-state index in [0.29, 0.717) is 17.6 Å². The van der Waals surface area contributed by atoms with E-state index >= 15 is 0 Å². The summed E-state index contributed by atoms with van der Waals surface area (Å²) >= 11 is 0. The molecule has 0 radical (unpaired) electrons. The van der Waals surface area contributed by atoms with Crippen molar-refractivity contribution in [2.75, 3.05) is 0 Å². The monoisotopic (exact) mass is 232 g/mol. The summed E-state index contributed by atoms with van der Waals surface area (Å²) in [7, 11) is 0. The minimum absolute atomic E-state index is 0.153. The second-order valence-electron chi connectivity index (χ2n) is 6.06. The Labute approximate surface area is 102 Å². The predicted molar refractivity (Wildman–Crippen MR) is 66.1 cm³/mol. The second kappa shape index (κ2) is 3.47. The van der Waals surface area contributed by atoms with Crippen molar-refractivity contribution < 1.29 is 9.21 Å². The Balaban J connectivity index is 2.13. The van der Waals surface area contributed by atoms with Crippen LogP contribution in [0.15, 0.2) is 10.7 Å². The standard InChI is InChI=1S/C15H20O2/c1-9-8-17-12-7-11-6-4-5-10(2)15(11,3)14(16)13(9)12/h8,10-11H,4-7H2,1-3H3/t10-,11+,15+/m1/s1. The van der Waals surface area contributed by atoms with Crippen LogP contribution in [-0.4, -0.2) is 5.78 Å². The molecule has 1 saturated carbocycles. The molecule has 0 N–H and O–H groups in total. The molecule has 0 unspecified atom stereocenters. The number of hydrogen-bond acceptors (Lipinski definition) is 2. The summed E-state index contributed by atoms with van der Waals surface area (Å²) in [6.45, 7) is 6.40. The molecule has 1 aromatic heterocycles. The molecule has 92 valence electrons. The average Bonchev–Trinajstić information content (AvgIpc) is 2.65. The van der Waals surface area contributed by atoms with Crippen LogP contribution in [0.3, 0.4) is 0 Å². The molecule has 2 heteroatoms. The summed E-state index contributed by atoms with van der Waals surface area (Å²) in [6.07, 6.45) is 6.31. The van der Waals surface area contributed by atoms with Gasteiger partial charge in [0.25, 0.3) is 0 Å². The fraction of sp³-hybridized carbons (Fsp3) is 0.667. The maximum Gasteiger partial charge on any atom is 0.173 e. The number of aryl methyl sites for hydroxylation is 1. The topological polar surface area (TPSA) is 30.2 Å². The van der Waals surface area contributed by atoms with E-state index in [0.717, 1.165) is 23.3 Å². The van der Waals surface area contributed by atoms with Crippen LogP contribution in [0.1, 0.15) is 54.8 Å². The zero-order valence-corrected chi connectivity index (χ0v) is 10.9. The molecule has 17 heavy (non-hydrogen) atoms. The van der Waals surface area contributed by atoms with E-state index in [2.05, 4.69) is 13.8 Å². The van der Waals surface area contributed by atoms with Crippen molar-refractivity contribution in [1.29, 1.82) is 0 Å². The summed E-state index contributed by atoms with van der Waals surface area (Å²) in [5.74, 6) is 2.25. The van der Waals surface area contributed by atoms with Gasteiger partial charge < -0.3 is 4.42 Å². The van der Waals surface area contributed by atoms with Crippen molar-refractivity contribution >= 4 is 5.78 Å². The van der Waals surface area contributed by atoms with Gasteiger partial charge in [-0.15, -0.1) is 0 Å². The Bertz CT molecular complexity index is 471. The first-order valence-corrected chi connectivity index (χ1v) is 6.67. The molecule has 0 aliphatic heterocycles. The number of rotatable bonds is 0. The van der Waals surface area contributed by atoms with Crippen molar-refractivity contribution in [2.24, 2.45) is 17.3 Å². The van der Waals surface area contributed by atoms with Crippen LogP contribution < -0.4 is 0 Å². The fourth-order valence-electron chi connectivity index (χ4n) is 3.84. The molecule has 0 spiro atoms. The number of carbonyl (C=O) groups is 1. The maximum absolute atomic E-state index is 12.8. The highest BCUT2D eigenvalue weighted by molar-refractivity contribution is 6.03. The largest absolute Gasteiger partial charge is 0.468 e. The third kappa shape index (κ3) is 1.30. The lowest BCUT2D eigenvalue weighted by atomic mass is 9.55. The van der Waals surface area contributed by atoms with Crippen LogP contribution in [0, 0.1) is 24.2 Å². The Hall–Kier alpha value is -1.05. The smallest absolute Gasteiger partial charge is 0.173 e. The molecule has 0 bridgehead atoms. The first kappa shape index (κ1) is 11.1. The maximum atomic E-state index is 12.8. The van der Waals surface area contributed by atoms with Crippen molar-refractivity contribution in [3.05, 3.63) is 23.2 Å². The van der Waals surface area contributed by atoms with Gasteiger partial charge in [0.2, 0.25) is 0 Å². The summed E-state index contributed by atoms with van der Waals surface area (Å²) < 4.78 is 5.57. The van der Waals surface area contributed by atoms with Crippen molar-refractivity contribution in [1.82, 2.24) is 0 Å². The molecule has 2 aliphatic rings. The molecule has 1 heterocycles. The van der Waals surface area contributed by atoms with Gasteiger partial charge in [-0.3, -0.25) is 4.79 Å². The Morgan fingerprint density at radius 1 is 1.41 bits per heavy atom. The van der Waals surface area contributed by atoms with Crippen LogP contribution >= 0.6 is 0 Å². The number of hydrogen-bond donors (Lipinski definition) is 0. The molecule has 1 aromatic rings. The number of furan rings is 1. The second-order valence-corrected chi connectivity index (χ2v) is 6.06. The third-order valence-electron chi connectivity index (χ3n) is 5.26. The lowest BCUT2D eigenvalue weighted by Gasteiger charge is -2.47. The normalized spacial score (nSPS) is 36.5. The van der Waals surface area contributed by atoms with Crippen LogP contribution in [0.2, 0.25) is 0 Å². The number of Topliss-reactive ketones (excluding diaryl/α,β-unsaturated/α-hetero) is 1. The van der Waals surface area contributed by atoms with E-state index in [1.54, 1.807) is 6.26 Å². The summed E-state index contributed by atoms with van der Waals surface area (Å²) in [4.78, 5) is 12.8. The molecule has 0 saturated heterocycles. The van der Waals surface area contributed by atoms with Gasteiger partial charge in [0.15, 0.2) is 5.78 Å². The lowest BCUT2D eigenvalue weighted by Crippen LogP contribution is -2.48. The Morgan fingerprint density at radius 3 is 2.94 bits per heavy atom. The van der Waals surface area contributed by atoms with Gasteiger partial charge in [-0.05, 0) is 37.2 Å². The van der Waals surface area contributed by atoms with E-state index in [1.807, 2.05) is 6.92 Å². The van der Waals surface area contributed by atoms with Gasteiger partial charge in [0.05, 0.1) is 11.8 Å². The number of ketones is 1. The predicted octanol–water partition coefficient (Wildman–Crippen LogP) is 3.77. The van der Waals surface area contributed by atoms with Crippen LogP contribution in [-0.2, 0) is 6.42 Å². The minimum atomic E-state index is -0.153. The van der Waals surface area contributed by atoms with Crippen molar-refractivity contribution in [2.45, 2.75) is 46.5 Å². The minimum Gasteiger partial charge on any atom is -0.468 e.